The summed E-state index contributed by atoms with van der Waals surface area (Å²) in [7, 11) is -1.92. The molecule has 1 aromatic rings. The highest BCUT2D eigenvalue weighted by atomic mass is 32.2. The van der Waals surface area contributed by atoms with E-state index in [0.29, 0.717) is 10.8 Å². The molecule has 2 aliphatic rings. The highest BCUT2D eigenvalue weighted by Gasteiger charge is 2.32. The van der Waals surface area contributed by atoms with Crippen LogP contribution in [0.25, 0.3) is 0 Å². The van der Waals surface area contributed by atoms with Crippen molar-refractivity contribution in [2.45, 2.75) is 113 Å². The molecule has 0 spiro atoms. The molecule has 2 aliphatic carbocycles. The molecule has 3 rings (SSSR count). The Morgan fingerprint density at radius 3 is 1.94 bits per heavy atom. The molecule has 4 heteroatoms. The quantitative estimate of drug-likeness (QED) is 0.308. The van der Waals surface area contributed by atoms with Crippen molar-refractivity contribution in [1.82, 2.24) is 0 Å². The zero-order valence-electron chi connectivity index (χ0n) is 19.3. The number of halogens is 2. The molecule has 1 nitrogen and oxygen atoms in total. The van der Waals surface area contributed by atoms with Crippen LogP contribution in [0.4, 0.5) is 8.78 Å². The Balaban J connectivity index is 1.33. The van der Waals surface area contributed by atoms with Crippen LogP contribution in [0.2, 0.25) is 0 Å². The number of benzene rings is 1. The van der Waals surface area contributed by atoms with Gasteiger partial charge in [0.2, 0.25) is 5.50 Å². The Labute approximate surface area is 191 Å². The van der Waals surface area contributed by atoms with Gasteiger partial charge in [-0.3, -0.25) is 4.21 Å². The van der Waals surface area contributed by atoms with Crippen molar-refractivity contribution in [3.05, 3.63) is 30.3 Å². The number of hydrogen-bond acceptors (Lipinski definition) is 1. The molecule has 31 heavy (non-hydrogen) atoms. The Kier molecular flexibility index (Phi) is 10.5. The summed E-state index contributed by atoms with van der Waals surface area (Å²) in [6.07, 6.45) is 15.3. The number of unbranched alkanes of at least 4 members (excludes halogenated alkanes) is 2. The molecule has 0 radical (unpaired) electrons. The summed E-state index contributed by atoms with van der Waals surface area (Å²) in [6.45, 7) is 2.28. The molecule has 0 heterocycles. The molecule has 0 N–H and O–H groups in total. The molecule has 0 saturated heterocycles. The van der Waals surface area contributed by atoms with Gasteiger partial charge in [-0.25, -0.2) is 8.78 Å². The molecule has 1 aromatic carbocycles. The topological polar surface area (TPSA) is 17.1 Å². The zero-order chi connectivity index (χ0) is 22.1. The van der Waals surface area contributed by atoms with Gasteiger partial charge in [0.1, 0.15) is 6.17 Å². The molecular formula is C27H42F2OS. The largest absolute Gasteiger partial charge is 0.251 e. The minimum absolute atomic E-state index is 0.192. The summed E-state index contributed by atoms with van der Waals surface area (Å²) in [6, 6.07) is 8.43. The first-order valence-electron chi connectivity index (χ1n) is 12.8. The Morgan fingerprint density at radius 2 is 1.39 bits per heavy atom. The SMILES string of the molecule is CCCCCC1CCC(C2CCC(CC[C@@H](F)[C@H](F)S(=O)c3ccccc3)CC2)CC1. The van der Waals surface area contributed by atoms with Crippen LogP contribution in [0.1, 0.15) is 96.8 Å². The summed E-state index contributed by atoms with van der Waals surface area (Å²) < 4.78 is 41.1. The van der Waals surface area contributed by atoms with Crippen molar-refractivity contribution < 1.29 is 13.0 Å². The van der Waals surface area contributed by atoms with Crippen molar-refractivity contribution in [2.75, 3.05) is 0 Å². The first kappa shape index (κ1) is 24.9. The second kappa shape index (κ2) is 13.1. The molecule has 1 unspecified atom stereocenters. The lowest BCUT2D eigenvalue weighted by atomic mass is 9.68. The lowest BCUT2D eigenvalue weighted by molar-refractivity contribution is 0.132. The maximum Gasteiger partial charge on any atom is 0.210 e. The van der Waals surface area contributed by atoms with Gasteiger partial charge >= 0.3 is 0 Å². The van der Waals surface area contributed by atoms with Gasteiger partial charge in [0.15, 0.2) is 0 Å². The monoisotopic (exact) mass is 452 g/mol. The van der Waals surface area contributed by atoms with E-state index in [9.17, 15) is 13.0 Å². The molecule has 2 saturated carbocycles. The normalized spacial score (nSPS) is 29.9. The second-order valence-electron chi connectivity index (χ2n) is 10.1. The van der Waals surface area contributed by atoms with Crippen molar-refractivity contribution in [2.24, 2.45) is 23.7 Å². The van der Waals surface area contributed by atoms with E-state index in [1.807, 2.05) is 0 Å². The fraction of sp³-hybridized carbons (Fsp3) is 0.778. The van der Waals surface area contributed by atoms with Crippen LogP contribution >= 0.6 is 0 Å². The van der Waals surface area contributed by atoms with Gasteiger partial charge in [-0.2, -0.15) is 0 Å². The van der Waals surface area contributed by atoms with Crippen LogP contribution in [0, 0.1) is 23.7 Å². The maximum absolute atomic E-state index is 14.4. The van der Waals surface area contributed by atoms with Crippen LogP contribution in [-0.4, -0.2) is 15.9 Å². The standard InChI is InChI=1S/C27H42F2OS/c1-2-3-5-8-21-11-16-23(17-12-21)24-18-13-22(14-19-24)15-20-26(28)27(29)31(30)25-9-6-4-7-10-25/h4,6-7,9-10,21-24,26-27H,2-3,5,8,11-20H2,1H3/t21?,22?,23?,24?,26-,27-,31?/m1/s1. The molecule has 0 aliphatic heterocycles. The summed E-state index contributed by atoms with van der Waals surface area (Å²) in [4.78, 5) is 0.373. The average Bonchev–Trinajstić information content (AvgIpc) is 2.83. The molecular weight excluding hydrogens is 410 g/mol. The van der Waals surface area contributed by atoms with Gasteiger partial charge in [-0.15, -0.1) is 0 Å². The fourth-order valence-corrected chi connectivity index (χ4v) is 7.01. The third-order valence-corrected chi connectivity index (χ3v) is 9.42. The predicted octanol–water partition coefficient (Wildman–Crippen LogP) is 8.40. The summed E-state index contributed by atoms with van der Waals surface area (Å²) >= 11 is 0. The van der Waals surface area contributed by atoms with Crippen molar-refractivity contribution >= 4 is 10.8 Å². The minimum atomic E-state index is -1.92. The summed E-state index contributed by atoms with van der Waals surface area (Å²) in [5, 5.41) is 0. The van der Waals surface area contributed by atoms with Crippen LogP contribution in [-0.2, 0) is 10.8 Å². The first-order valence-corrected chi connectivity index (χ1v) is 14.0. The van der Waals surface area contributed by atoms with Gasteiger partial charge in [0.25, 0.3) is 0 Å². The van der Waals surface area contributed by atoms with Gasteiger partial charge in [-0.05, 0) is 74.3 Å². The predicted molar refractivity (Wildman–Crippen MR) is 127 cm³/mol. The Hall–Kier alpha value is -0.770. The van der Waals surface area contributed by atoms with Gasteiger partial charge in [0, 0.05) is 4.90 Å². The molecule has 2 fully saturated rings. The van der Waals surface area contributed by atoms with Gasteiger partial charge in [0.05, 0.1) is 10.8 Å². The lowest BCUT2D eigenvalue weighted by Crippen LogP contribution is -2.27. The van der Waals surface area contributed by atoms with E-state index in [-0.39, 0.29) is 6.42 Å². The van der Waals surface area contributed by atoms with E-state index in [1.165, 1.54) is 64.2 Å². The molecule has 0 aromatic heterocycles. The third-order valence-electron chi connectivity index (χ3n) is 7.98. The van der Waals surface area contributed by atoms with E-state index < -0.39 is 22.5 Å². The maximum atomic E-state index is 14.4. The van der Waals surface area contributed by atoms with E-state index in [0.717, 1.165) is 37.0 Å². The zero-order valence-corrected chi connectivity index (χ0v) is 20.1. The van der Waals surface area contributed by atoms with Crippen LogP contribution in [0.3, 0.4) is 0 Å². The lowest BCUT2D eigenvalue weighted by Gasteiger charge is -2.38. The second-order valence-corrected chi connectivity index (χ2v) is 11.6. The smallest absolute Gasteiger partial charge is 0.210 e. The van der Waals surface area contributed by atoms with Crippen LogP contribution in [0.5, 0.6) is 0 Å². The molecule has 176 valence electrons. The summed E-state index contributed by atoms with van der Waals surface area (Å²) in [5.41, 5.74) is -1.92. The number of hydrogen-bond donors (Lipinski definition) is 0. The van der Waals surface area contributed by atoms with E-state index in [4.69, 9.17) is 0 Å². The molecule has 3 atom stereocenters. The third kappa shape index (κ3) is 7.65. The molecule has 0 amide bonds. The van der Waals surface area contributed by atoms with Crippen molar-refractivity contribution in [3.63, 3.8) is 0 Å². The van der Waals surface area contributed by atoms with Crippen LogP contribution < -0.4 is 0 Å². The van der Waals surface area contributed by atoms with E-state index in [1.54, 1.807) is 30.3 Å². The highest BCUT2D eigenvalue weighted by molar-refractivity contribution is 7.85. The fourth-order valence-electron chi connectivity index (χ4n) is 5.92. The number of alkyl halides is 2. The van der Waals surface area contributed by atoms with Crippen molar-refractivity contribution in [3.8, 4) is 0 Å². The first-order chi connectivity index (χ1) is 15.1. The minimum Gasteiger partial charge on any atom is -0.251 e. The van der Waals surface area contributed by atoms with E-state index in [2.05, 4.69) is 6.92 Å². The highest BCUT2D eigenvalue weighted by Crippen LogP contribution is 2.43. The van der Waals surface area contributed by atoms with Gasteiger partial charge < -0.3 is 0 Å². The Bertz CT molecular complexity index is 636. The van der Waals surface area contributed by atoms with Crippen molar-refractivity contribution in [1.29, 1.82) is 0 Å². The summed E-state index contributed by atoms with van der Waals surface area (Å²) in [5.74, 6) is 3.24. The van der Waals surface area contributed by atoms with E-state index >= 15 is 0 Å². The van der Waals surface area contributed by atoms with Gasteiger partial charge in [-0.1, -0.05) is 76.5 Å². The Morgan fingerprint density at radius 1 is 0.839 bits per heavy atom. The number of rotatable bonds is 11. The molecule has 0 bridgehead atoms. The van der Waals surface area contributed by atoms with Crippen LogP contribution in [0.15, 0.2) is 35.2 Å². The average molecular weight is 453 g/mol.